The topological polar surface area (TPSA) is 44.8 Å². The van der Waals surface area contributed by atoms with E-state index in [-0.39, 0.29) is 18.1 Å². The molecule has 1 N–H and O–H groups in total. The van der Waals surface area contributed by atoms with Crippen LogP contribution in [0.15, 0.2) is 0 Å². The van der Waals surface area contributed by atoms with Crippen LogP contribution in [0.25, 0.3) is 0 Å². The monoisotopic (exact) mass is 255 g/mol. The number of rotatable bonds is 3. The van der Waals surface area contributed by atoms with Crippen LogP contribution in [0.4, 0.5) is 0 Å². The third-order valence-corrected chi connectivity index (χ3v) is 3.81. The summed E-state index contributed by atoms with van der Waals surface area (Å²) >= 11 is 0. The van der Waals surface area contributed by atoms with Gasteiger partial charge in [-0.1, -0.05) is 0 Å². The summed E-state index contributed by atoms with van der Waals surface area (Å²) < 4.78 is 5.65. The van der Waals surface area contributed by atoms with Crippen LogP contribution in [0.1, 0.15) is 20.3 Å². The molecule has 0 spiro atoms. The van der Waals surface area contributed by atoms with E-state index < -0.39 is 0 Å². The zero-order chi connectivity index (χ0) is 13.1. The molecule has 5 heteroatoms. The Balaban J connectivity index is 1.81. The van der Waals surface area contributed by atoms with Crippen molar-refractivity contribution in [2.45, 2.75) is 38.5 Å². The Kier molecular flexibility index (Phi) is 4.59. The second-order valence-electron chi connectivity index (χ2n) is 5.57. The summed E-state index contributed by atoms with van der Waals surface area (Å²) in [6, 6.07) is 0.542. The van der Waals surface area contributed by atoms with Crippen molar-refractivity contribution >= 4 is 5.91 Å². The first-order chi connectivity index (χ1) is 8.58. The van der Waals surface area contributed by atoms with Crippen molar-refractivity contribution < 1.29 is 9.53 Å². The van der Waals surface area contributed by atoms with Gasteiger partial charge in [-0.15, -0.1) is 0 Å². The minimum Gasteiger partial charge on any atom is -0.372 e. The van der Waals surface area contributed by atoms with Gasteiger partial charge in [0.2, 0.25) is 5.91 Å². The number of hydrogen-bond donors (Lipinski definition) is 1. The van der Waals surface area contributed by atoms with Gasteiger partial charge in [-0.05, 0) is 27.3 Å². The van der Waals surface area contributed by atoms with Gasteiger partial charge in [-0.25, -0.2) is 0 Å². The van der Waals surface area contributed by atoms with Gasteiger partial charge in [-0.3, -0.25) is 9.69 Å². The molecule has 2 heterocycles. The number of carbonyl (C=O) groups excluding carboxylic acids is 1. The Morgan fingerprint density at radius 1 is 1.28 bits per heavy atom. The van der Waals surface area contributed by atoms with Crippen LogP contribution < -0.4 is 5.32 Å². The van der Waals surface area contributed by atoms with E-state index in [9.17, 15) is 4.79 Å². The van der Waals surface area contributed by atoms with Crippen molar-refractivity contribution in [3.8, 4) is 0 Å². The molecule has 0 bridgehead atoms. The number of nitrogens with one attached hydrogen (secondary N) is 1. The van der Waals surface area contributed by atoms with Gasteiger partial charge in [-0.2, -0.15) is 0 Å². The first-order valence-electron chi connectivity index (χ1n) is 6.91. The summed E-state index contributed by atoms with van der Waals surface area (Å²) in [6.07, 6.45) is 1.45. The summed E-state index contributed by atoms with van der Waals surface area (Å²) in [4.78, 5) is 16.4. The molecule has 18 heavy (non-hydrogen) atoms. The summed E-state index contributed by atoms with van der Waals surface area (Å²) in [7, 11) is 1.99. The molecule has 0 saturated carbocycles. The number of likely N-dealkylation sites (tertiary alicyclic amines) is 1. The summed E-state index contributed by atoms with van der Waals surface area (Å²) in [6.45, 7) is 8.08. The third-order valence-electron chi connectivity index (χ3n) is 3.81. The van der Waals surface area contributed by atoms with E-state index in [0.29, 0.717) is 12.6 Å². The van der Waals surface area contributed by atoms with Crippen LogP contribution in [-0.4, -0.2) is 73.7 Å². The predicted molar refractivity (Wildman–Crippen MR) is 70.5 cm³/mol. The predicted octanol–water partition coefficient (Wildman–Crippen LogP) is -0.0841. The van der Waals surface area contributed by atoms with E-state index in [1.54, 1.807) is 0 Å². The van der Waals surface area contributed by atoms with E-state index in [0.717, 1.165) is 32.6 Å². The van der Waals surface area contributed by atoms with Gasteiger partial charge >= 0.3 is 0 Å². The Hall–Kier alpha value is -0.650. The number of morpholine rings is 1. The van der Waals surface area contributed by atoms with Gasteiger partial charge in [0.05, 0.1) is 18.8 Å². The van der Waals surface area contributed by atoms with Crippen molar-refractivity contribution in [3.05, 3.63) is 0 Å². The zero-order valence-electron chi connectivity index (χ0n) is 11.7. The van der Waals surface area contributed by atoms with Crippen molar-refractivity contribution in [3.63, 3.8) is 0 Å². The van der Waals surface area contributed by atoms with Gasteiger partial charge in [0, 0.05) is 32.2 Å². The normalized spacial score (nSPS) is 33.9. The van der Waals surface area contributed by atoms with Crippen LogP contribution in [-0.2, 0) is 9.53 Å². The van der Waals surface area contributed by atoms with Crippen molar-refractivity contribution in [2.75, 3.05) is 39.8 Å². The molecule has 0 aromatic heterocycles. The first kappa shape index (κ1) is 13.8. The molecule has 0 aromatic carbocycles. The fourth-order valence-corrected chi connectivity index (χ4v) is 2.88. The van der Waals surface area contributed by atoms with Crippen molar-refractivity contribution in [2.24, 2.45) is 0 Å². The van der Waals surface area contributed by atoms with Gasteiger partial charge < -0.3 is 15.0 Å². The molecule has 1 amide bonds. The van der Waals surface area contributed by atoms with Crippen LogP contribution in [0, 0.1) is 0 Å². The van der Waals surface area contributed by atoms with E-state index >= 15 is 0 Å². The standard InChI is InChI=1S/C13H25N3O2/c1-10-6-16(7-11(2)18-10)13(17)9-15-5-4-12(8-15)14-3/h10-12,14H,4-9H2,1-3H3. The molecule has 2 aliphatic heterocycles. The van der Waals surface area contributed by atoms with Crippen LogP contribution in [0.2, 0.25) is 0 Å². The molecule has 0 aromatic rings. The zero-order valence-corrected chi connectivity index (χ0v) is 11.7. The lowest BCUT2D eigenvalue weighted by Crippen LogP contribution is -2.51. The number of ether oxygens (including phenoxy) is 1. The summed E-state index contributed by atoms with van der Waals surface area (Å²) in [5.41, 5.74) is 0. The van der Waals surface area contributed by atoms with Crippen LogP contribution in [0.3, 0.4) is 0 Å². The molecule has 3 unspecified atom stereocenters. The lowest BCUT2D eigenvalue weighted by atomic mass is 10.2. The molecule has 0 radical (unpaired) electrons. The average Bonchev–Trinajstić information content (AvgIpc) is 2.75. The van der Waals surface area contributed by atoms with Crippen molar-refractivity contribution in [1.82, 2.24) is 15.1 Å². The molecule has 2 aliphatic rings. The Bertz CT molecular complexity index is 288. The van der Waals surface area contributed by atoms with Crippen molar-refractivity contribution in [1.29, 1.82) is 0 Å². The smallest absolute Gasteiger partial charge is 0.236 e. The maximum absolute atomic E-state index is 12.2. The highest BCUT2D eigenvalue weighted by molar-refractivity contribution is 5.78. The molecule has 2 rings (SSSR count). The third kappa shape index (κ3) is 3.43. The lowest BCUT2D eigenvalue weighted by Gasteiger charge is -2.36. The number of likely N-dealkylation sites (N-methyl/N-ethyl adjacent to an activating group) is 1. The molecule has 5 nitrogen and oxygen atoms in total. The number of carbonyl (C=O) groups is 1. The fourth-order valence-electron chi connectivity index (χ4n) is 2.88. The van der Waals surface area contributed by atoms with Crippen LogP contribution >= 0.6 is 0 Å². The Morgan fingerprint density at radius 3 is 2.50 bits per heavy atom. The van der Waals surface area contributed by atoms with E-state index in [1.165, 1.54) is 0 Å². The second-order valence-corrected chi connectivity index (χ2v) is 5.57. The molecule has 3 atom stereocenters. The minimum atomic E-state index is 0.154. The van der Waals surface area contributed by atoms with Gasteiger partial charge in [0.15, 0.2) is 0 Å². The van der Waals surface area contributed by atoms with Gasteiger partial charge in [0.25, 0.3) is 0 Å². The highest BCUT2D eigenvalue weighted by atomic mass is 16.5. The SMILES string of the molecule is CNC1CCN(CC(=O)N2CC(C)OC(C)C2)C1. The first-order valence-corrected chi connectivity index (χ1v) is 6.91. The minimum absolute atomic E-state index is 0.154. The second kappa shape index (κ2) is 5.99. The molecular formula is C13H25N3O2. The Morgan fingerprint density at radius 2 is 1.94 bits per heavy atom. The molecule has 2 saturated heterocycles. The number of amides is 1. The van der Waals surface area contributed by atoms with E-state index in [2.05, 4.69) is 10.2 Å². The van der Waals surface area contributed by atoms with E-state index in [1.807, 2.05) is 25.8 Å². The largest absolute Gasteiger partial charge is 0.372 e. The van der Waals surface area contributed by atoms with Crippen LogP contribution in [0.5, 0.6) is 0 Å². The quantitative estimate of drug-likeness (QED) is 0.766. The maximum Gasteiger partial charge on any atom is 0.236 e. The summed E-state index contributed by atoms with van der Waals surface area (Å²) in [5, 5.41) is 3.27. The number of hydrogen-bond acceptors (Lipinski definition) is 4. The summed E-state index contributed by atoms with van der Waals surface area (Å²) in [5.74, 6) is 0.244. The number of nitrogens with zero attached hydrogens (tertiary/aromatic N) is 2. The average molecular weight is 255 g/mol. The maximum atomic E-state index is 12.2. The fraction of sp³-hybridized carbons (Fsp3) is 0.923. The van der Waals surface area contributed by atoms with Gasteiger partial charge in [0.1, 0.15) is 0 Å². The molecule has 104 valence electrons. The lowest BCUT2D eigenvalue weighted by molar-refractivity contribution is -0.144. The Labute approximate surface area is 109 Å². The molecule has 2 fully saturated rings. The van der Waals surface area contributed by atoms with E-state index in [4.69, 9.17) is 4.74 Å². The molecule has 0 aliphatic carbocycles. The highest BCUT2D eigenvalue weighted by Crippen LogP contribution is 2.13. The highest BCUT2D eigenvalue weighted by Gasteiger charge is 2.29. The molecular weight excluding hydrogens is 230 g/mol.